The van der Waals surface area contributed by atoms with Gasteiger partial charge in [0.15, 0.2) is 0 Å². The second-order valence-electron chi connectivity index (χ2n) is 2.68. The molecule has 0 aliphatic carbocycles. The second kappa shape index (κ2) is 5.35. The number of benzene rings is 1. The van der Waals surface area contributed by atoms with Crippen molar-refractivity contribution in [1.29, 1.82) is 0 Å². The molecule has 0 atom stereocenters. The normalized spacial score (nSPS) is 8.25. The lowest BCUT2D eigenvalue weighted by molar-refractivity contribution is -0.134. The molecule has 2 nitrogen and oxygen atoms in total. The topological polar surface area (TPSA) is 37.3 Å². The highest BCUT2D eigenvalue weighted by atomic mass is 16.4. The number of rotatable bonds is 0. The van der Waals surface area contributed by atoms with Crippen LogP contribution in [0.1, 0.15) is 18.1 Å². The predicted molar refractivity (Wildman–Crippen MR) is 49.2 cm³/mol. The molecule has 0 heterocycles. The molecule has 0 spiro atoms. The van der Waals surface area contributed by atoms with E-state index in [0.29, 0.717) is 0 Å². The van der Waals surface area contributed by atoms with Gasteiger partial charge in [0.1, 0.15) is 0 Å². The average Bonchev–Trinajstić information content (AvgIpc) is 1.84. The van der Waals surface area contributed by atoms with Crippen molar-refractivity contribution in [3.05, 3.63) is 35.4 Å². The van der Waals surface area contributed by atoms with Crippen LogP contribution in [0.5, 0.6) is 0 Å². The fraction of sp³-hybridized carbons (Fsp3) is 0.300. The minimum Gasteiger partial charge on any atom is -0.481 e. The second-order valence-corrected chi connectivity index (χ2v) is 2.68. The maximum absolute atomic E-state index is 9.00. The van der Waals surface area contributed by atoms with Crippen molar-refractivity contribution < 1.29 is 9.90 Å². The summed E-state index contributed by atoms with van der Waals surface area (Å²) in [6.07, 6.45) is 0. The third-order valence-electron chi connectivity index (χ3n) is 1.17. The summed E-state index contributed by atoms with van der Waals surface area (Å²) < 4.78 is 0. The van der Waals surface area contributed by atoms with Crippen molar-refractivity contribution in [3.63, 3.8) is 0 Å². The van der Waals surface area contributed by atoms with Crippen LogP contribution in [0.4, 0.5) is 0 Å². The standard InChI is InChI=1S/C8H10.C2H4O2/c1-7-4-3-5-8(2)6-7;1-2(3)4/h3-6H,1-2H3;1H3,(H,3,4). The monoisotopic (exact) mass is 166 g/mol. The van der Waals surface area contributed by atoms with Crippen LogP contribution in [0, 0.1) is 13.8 Å². The quantitative estimate of drug-likeness (QED) is 0.642. The summed E-state index contributed by atoms with van der Waals surface area (Å²) in [5.41, 5.74) is 2.68. The Balaban J connectivity index is 0.000000261. The molecule has 0 fully saturated rings. The van der Waals surface area contributed by atoms with Gasteiger partial charge < -0.3 is 5.11 Å². The highest BCUT2D eigenvalue weighted by molar-refractivity contribution is 5.62. The largest absolute Gasteiger partial charge is 0.481 e. The zero-order valence-electron chi connectivity index (χ0n) is 7.66. The Bertz CT molecular complexity index is 233. The first kappa shape index (κ1) is 10.7. The minimum atomic E-state index is -0.833. The molecule has 0 saturated carbocycles. The van der Waals surface area contributed by atoms with Crippen LogP contribution < -0.4 is 0 Å². The van der Waals surface area contributed by atoms with E-state index in [1.54, 1.807) is 0 Å². The van der Waals surface area contributed by atoms with Gasteiger partial charge in [0, 0.05) is 6.92 Å². The van der Waals surface area contributed by atoms with Crippen LogP contribution in [-0.2, 0) is 4.79 Å². The number of carboxylic acid groups (broad SMARTS) is 1. The summed E-state index contributed by atoms with van der Waals surface area (Å²) in [5, 5.41) is 7.42. The summed E-state index contributed by atoms with van der Waals surface area (Å²) in [5.74, 6) is -0.833. The number of aliphatic carboxylic acids is 1. The van der Waals surface area contributed by atoms with Gasteiger partial charge in [0.05, 0.1) is 0 Å². The molecule has 0 aliphatic heterocycles. The molecule has 0 unspecified atom stereocenters. The lowest BCUT2D eigenvalue weighted by atomic mass is 10.2. The summed E-state index contributed by atoms with van der Waals surface area (Å²) in [7, 11) is 0. The number of hydrogen-bond acceptors (Lipinski definition) is 1. The van der Waals surface area contributed by atoms with Crippen LogP contribution in [0.3, 0.4) is 0 Å². The van der Waals surface area contributed by atoms with E-state index in [1.807, 2.05) is 0 Å². The summed E-state index contributed by atoms with van der Waals surface area (Å²) in [4.78, 5) is 9.00. The molecule has 0 saturated heterocycles. The van der Waals surface area contributed by atoms with E-state index in [1.165, 1.54) is 11.1 Å². The van der Waals surface area contributed by atoms with E-state index in [2.05, 4.69) is 38.1 Å². The average molecular weight is 166 g/mol. The highest BCUT2D eigenvalue weighted by Crippen LogP contribution is 2.00. The van der Waals surface area contributed by atoms with E-state index in [0.717, 1.165) is 6.92 Å². The van der Waals surface area contributed by atoms with Crippen LogP contribution in [-0.4, -0.2) is 11.1 Å². The molecule has 12 heavy (non-hydrogen) atoms. The van der Waals surface area contributed by atoms with Crippen LogP contribution in [0.25, 0.3) is 0 Å². The number of carboxylic acids is 1. The van der Waals surface area contributed by atoms with Crippen molar-refractivity contribution in [3.8, 4) is 0 Å². The van der Waals surface area contributed by atoms with Crippen molar-refractivity contribution in [1.82, 2.24) is 0 Å². The SMILES string of the molecule is CC(=O)O.Cc1cccc(C)c1. The Morgan fingerprint density at radius 3 is 1.75 bits per heavy atom. The fourth-order valence-electron chi connectivity index (χ4n) is 0.807. The van der Waals surface area contributed by atoms with Gasteiger partial charge in [-0.15, -0.1) is 0 Å². The van der Waals surface area contributed by atoms with Crippen molar-refractivity contribution in [2.45, 2.75) is 20.8 Å². The molecule has 0 radical (unpaired) electrons. The van der Waals surface area contributed by atoms with Crippen molar-refractivity contribution in [2.75, 3.05) is 0 Å². The predicted octanol–water partition coefficient (Wildman–Crippen LogP) is 2.39. The van der Waals surface area contributed by atoms with E-state index in [4.69, 9.17) is 9.90 Å². The highest BCUT2D eigenvalue weighted by Gasteiger charge is 1.80. The number of aryl methyl sites for hydroxylation is 2. The molecule has 2 heteroatoms. The Hall–Kier alpha value is -1.31. The van der Waals surface area contributed by atoms with E-state index >= 15 is 0 Å². The zero-order valence-corrected chi connectivity index (χ0v) is 7.66. The van der Waals surface area contributed by atoms with Gasteiger partial charge in [-0.1, -0.05) is 35.4 Å². The van der Waals surface area contributed by atoms with Gasteiger partial charge in [-0.3, -0.25) is 4.79 Å². The molecule has 1 N–H and O–H groups in total. The van der Waals surface area contributed by atoms with Crippen LogP contribution >= 0.6 is 0 Å². The smallest absolute Gasteiger partial charge is 0.300 e. The third kappa shape index (κ3) is 6.81. The molecule has 0 amide bonds. The van der Waals surface area contributed by atoms with Gasteiger partial charge in [0.25, 0.3) is 5.97 Å². The van der Waals surface area contributed by atoms with Crippen LogP contribution in [0.15, 0.2) is 24.3 Å². The third-order valence-corrected chi connectivity index (χ3v) is 1.17. The first-order valence-corrected chi connectivity index (χ1v) is 3.75. The number of carbonyl (C=O) groups is 1. The lowest BCUT2D eigenvalue weighted by Gasteiger charge is -1.90. The van der Waals surface area contributed by atoms with Crippen molar-refractivity contribution >= 4 is 5.97 Å². The maximum atomic E-state index is 9.00. The van der Waals surface area contributed by atoms with E-state index in [-0.39, 0.29) is 0 Å². The lowest BCUT2D eigenvalue weighted by Crippen LogP contribution is -1.78. The molecular weight excluding hydrogens is 152 g/mol. The molecule has 66 valence electrons. The minimum absolute atomic E-state index is 0.833. The molecule has 1 rings (SSSR count). The first-order valence-electron chi connectivity index (χ1n) is 3.75. The van der Waals surface area contributed by atoms with E-state index in [9.17, 15) is 0 Å². The van der Waals surface area contributed by atoms with E-state index < -0.39 is 5.97 Å². The number of hydrogen-bond donors (Lipinski definition) is 1. The Labute approximate surface area is 72.9 Å². The molecular formula is C10H14O2. The summed E-state index contributed by atoms with van der Waals surface area (Å²) >= 11 is 0. The molecule has 0 aliphatic rings. The Morgan fingerprint density at radius 1 is 1.25 bits per heavy atom. The first-order chi connectivity index (χ1) is 5.52. The van der Waals surface area contributed by atoms with Crippen LogP contribution in [0.2, 0.25) is 0 Å². The Kier molecular flexibility index (Phi) is 4.77. The molecule has 0 aromatic heterocycles. The molecule has 1 aromatic rings. The van der Waals surface area contributed by atoms with Gasteiger partial charge in [-0.2, -0.15) is 0 Å². The van der Waals surface area contributed by atoms with Gasteiger partial charge >= 0.3 is 0 Å². The molecule has 0 bridgehead atoms. The van der Waals surface area contributed by atoms with Gasteiger partial charge in [0.2, 0.25) is 0 Å². The van der Waals surface area contributed by atoms with Crippen molar-refractivity contribution in [2.24, 2.45) is 0 Å². The zero-order chi connectivity index (χ0) is 9.56. The Morgan fingerprint density at radius 2 is 1.58 bits per heavy atom. The maximum Gasteiger partial charge on any atom is 0.300 e. The molecule has 1 aromatic carbocycles. The van der Waals surface area contributed by atoms with Gasteiger partial charge in [-0.25, -0.2) is 0 Å². The summed E-state index contributed by atoms with van der Waals surface area (Å²) in [6.45, 7) is 5.29. The van der Waals surface area contributed by atoms with Gasteiger partial charge in [-0.05, 0) is 13.8 Å². The summed E-state index contributed by atoms with van der Waals surface area (Å²) in [6, 6.07) is 8.45. The fourth-order valence-corrected chi connectivity index (χ4v) is 0.807.